The molecule has 5 rings (SSSR count). The number of hydrogen-bond acceptors (Lipinski definition) is 4. The molecule has 6 heteroatoms. The summed E-state index contributed by atoms with van der Waals surface area (Å²) in [7, 11) is 1.73. The van der Waals surface area contributed by atoms with Gasteiger partial charge in [0.25, 0.3) is 0 Å². The zero-order valence-electron chi connectivity index (χ0n) is 20.0. The van der Waals surface area contributed by atoms with E-state index in [1.54, 1.807) is 7.05 Å². The van der Waals surface area contributed by atoms with Crippen molar-refractivity contribution in [3.8, 4) is 0 Å². The van der Waals surface area contributed by atoms with Crippen molar-refractivity contribution >= 4 is 11.8 Å². The van der Waals surface area contributed by atoms with E-state index in [0.29, 0.717) is 23.7 Å². The number of benzene rings is 1. The van der Waals surface area contributed by atoms with Crippen LogP contribution in [0, 0.1) is 17.8 Å². The van der Waals surface area contributed by atoms with Crippen molar-refractivity contribution in [2.45, 2.75) is 56.9 Å². The summed E-state index contributed by atoms with van der Waals surface area (Å²) in [5.74, 6) is 2.55. The van der Waals surface area contributed by atoms with Crippen molar-refractivity contribution in [2.24, 2.45) is 17.8 Å². The molecule has 0 spiro atoms. The van der Waals surface area contributed by atoms with E-state index >= 15 is 0 Å². The molecule has 3 saturated heterocycles. The van der Waals surface area contributed by atoms with Gasteiger partial charge in [-0.15, -0.1) is 0 Å². The summed E-state index contributed by atoms with van der Waals surface area (Å²) in [4.78, 5) is 29.6. The second kappa shape index (κ2) is 10.1. The van der Waals surface area contributed by atoms with E-state index in [1.807, 2.05) is 0 Å². The molecule has 1 saturated carbocycles. The van der Waals surface area contributed by atoms with Crippen LogP contribution >= 0.6 is 0 Å². The van der Waals surface area contributed by atoms with Crippen LogP contribution in [0.3, 0.4) is 0 Å². The van der Waals surface area contributed by atoms with E-state index in [0.717, 1.165) is 71.5 Å². The van der Waals surface area contributed by atoms with Gasteiger partial charge in [-0.05, 0) is 80.4 Å². The normalized spacial score (nSPS) is 30.5. The smallest absolute Gasteiger partial charge is 0.237 e. The number of ether oxygens (including phenoxy) is 1. The molecule has 1 aromatic rings. The first-order valence-electron chi connectivity index (χ1n) is 13.0. The molecule has 180 valence electrons. The summed E-state index contributed by atoms with van der Waals surface area (Å²) in [6.45, 7) is 5.31. The van der Waals surface area contributed by atoms with Gasteiger partial charge in [-0.1, -0.05) is 24.3 Å². The lowest BCUT2D eigenvalue weighted by atomic mass is 9.86. The predicted molar refractivity (Wildman–Crippen MR) is 128 cm³/mol. The molecular weight excluding hydrogens is 414 g/mol. The first-order valence-corrected chi connectivity index (χ1v) is 13.0. The van der Waals surface area contributed by atoms with Crippen LogP contribution < -0.4 is 5.32 Å². The number of fused-ring (bicyclic) bond motifs is 1. The molecule has 3 heterocycles. The quantitative estimate of drug-likeness (QED) is 0.720. The van der Waals surface area contributed by atoms with Crippen LogP contribution in [0.1, 0.15) is 55.6 Å². The number of rotatable bonds is 6. The Morgan fingerprint density at radius 1 is 1.03 bits per heavy atom. The van der Waals surface area contributed by atoms with Crippen molar-refractivity contribution in [3.05, 3.63) is 35.4 Å². The lowest BCUT2D eigenvalue weighted by Gasteiger charge is -2.27. The van der Waals surface area contributed by atoms with Gasteiger partial charge in [0.15, 0.2) is 0 Å². The highest BCUT2D eigenvalue weighted by atomic mass is 16.5. The molecule has 0 unspecified atom stereocenters. The van der Waals surface area contributed by atoms with Crippen molar-refractivity contribution in [3.63, 3.8) is 0 Å². The first kappa shape index (κ1) is 22.9. The molecule has 3 aliphatic heterocycles. The number of carbonyl (C=O) groups excluding carboxylic acids is 2. The average molecular weight is 454 g/mol. The molecule has 1 N–H and O–H groups in total. The number of nitrogens with one attached hydrogen (secondary N) is 1. The van der Waals surface area contributed by atoms with Crippen LogP contribution in [-0.2, 0) is 20.7 Å². The number of nitrogens with zero attached hydrogens (tertiary/aromatic N) is 2. The van der Waals surface area contributed by atoms with Gasteiger partial charge in [-0.2, -0.15) is 0 Å². The second-order valence-corrected chi connectivity index (χ2v) is 10.5. The van der Waals surface area contributed by atoms with Gasteiger partial charge in [-0.3, -0.25) is 14.5 Å². The van der Waals surface area contributed by atoms with Crippen LogP contribution in [-0.4, -0.2) is 74.1 Å². The van der Waals surface area contributed by atoms with Crippen molar-refractivity contribution in [1.29, 1.82) is 0 Å². The number of likely N-dealkylation sites (tertiary alicyclic amines) is 2. The monoisotopic (exact) mass is 453 g/mol. The molecule has 2 amide bonds. The lowest BCUT2D eigenvalue weighted by Crippen LogP contribution is -2.42. The summed E-state index contributed by atoms with van der Waals surface area (Å²) in [6, 6.07) is 9.26. The Morgan fingerprint density at radius 3 is 2.58 bits per heavy atom. The maximum atomic E-state index is 13.0. The van der Waals surface area contributed by atoms with E-state index < -0.39 is 0 Å². The van der Waals surface area contributed by atoms with Crippen LogP contribution in [0.4, 0.5) is 0 Å². The third-order valence-corrected chi connectivity index (χ3v) is 8.75. The minimum atomic E-state index is 0.0406. The molecule has 6 nitrogen and oxygen atoms in total. The molecule has 0 bridgehead atoms. The summed E-state index contributed by atoms with van der Waals surface area (Å²) < 4.78 is 5.45. The summed E-state index contributed by atoms with van der Waals surface area (Å²) in [6.07, 6.45) is 7.32. The van der Waals surface area contributed by atoms with E-state index in [2.05, 4.69) is 39.4 Å². The minimum absolute atomic E-state index is 0.0406. The Bertz CT molecular complexity index is 836. The fourth-order valence-corrected chi connectivity index (χ4v) is 6.82. The third kappa shape index (κ3) is 4.83. The van der Waals surface area contributed by atoms with Gasteiger partial charge in [0.1, 0.15) is 0 Å². The largest absolute Gasteiger partial charge is 0.381 e. The van der Waals surface area contributed by atoms with Crippen LogP contribution in [0.2, 0.25) is 0 Å². The topological polar surface area (TPSA) is 61.9 Å². The number of hydrogen-bond donors (Lipinski definition) is 1. The maximum absolute atomic E-state index is 13.0. The number of amides is 2. The lowest BCUT2D eigenvalue weighted by molar-refractivity contribution is -0.137. The minimum Gasteiger partial charge on any atom is -0.381 e. The van der Waals surface area contributed by atoms with Crippen LogP contribution in [0.5, 0.6) is 0 Å². The Labute approximate surface area is 198 Å². The number of carbonyl (C=O) groups is 2. The zero-order chi connectivity index (χ0) is 22.8. The number of likely N-dealkylation sites (N-methyl/N-ethyl adjacent to an activating group) is 1. The predicted octanol–water partition coefficient (Wildman–Crippen LogP) is 2.82. The van der Waals surface area contributed by atoms with E-state index in [-0.39, 0.29) is 17.9 Å². The van der Waals surface area contributed by atoms with Gasteiger partial charge in [-0.25, -0.2) is 0 Å². The van der Waals surface area contributed by atoms with Crippen molar-refractivity contribution in [2.75, 3.05) is 46.4 Å². The fraction of sp³-hybridized carbons (Fsp3) is 0.704. The van der Waals surface area contributed by atoms with Gasteiger partial charge in [0.2, 0.25) is 11.8 Å². The first-order chi connectivity index (χ1) is 16.1. The molecule has 33 heavy (non-hydrogen) atoms. The standard InChI is InChI=1S/C27H39N3O3/c1-28-26(31)25-3-2-13-29(25)14-10-19-4-6-20(7-5-19)23-9-8-22-17-30(18-24(22)23)27(32)21-11-15-33-16-12-21/h4-7,21-25H,2-3,8-18H2,1H3,(H,28,31)/t22-,23+,24+,25+/m1/s1. The molecule has 0 radical (unpaired) electrons. The van der Waals surface area contributed by atoms with Gasteiger partial charge < -0.3 is 15.0 Å². The second-order valence-electron chi connectivity index (χ2n) is 10.5. The van der Waals surface area contributed by atoms with E-state index in [4.69, 9.17) is 4.74 Å². The Balaban J connectivity index is 1.16. The van der Waals surface area contributed by atoms with Gasteiger partial charge in [0.05, 0.1) is 6.04 Å². The molecular formula is C27H39N3O3. The molecule has 4 fully saturated rings. The molecule has 1 aliphatic carbocycles. The van der Waals surface area contributed by atoms with E-state index in [1.165, 1.54) is 24.0 Å². The summed E-state index contributed by atoms with van der Waals surface area (Å²) in [5, 5.41) is 2.81. The highest BCUT2D eigenvalue weighted by molar-refractivity contribution is 5.81. The highest BCUT2D eigenvalue weighted by Gasteiger charge is 2.45. The maximum Gasteiger partial charge on any atom is 0.237 e. The van der Waals surface area contributed by atoms with Gasteiger partial charge in [0, 0.05) is 45.8 Å². The van der Waals surface area contributed by atoms with Crippen molar-refractivity contribution < 1.29 is 14.3 Å². The van der Waals surface area contributed by atoms with Crippen LogP contribution in [0.25, 0.3) is 0 Å². The van der Waals surface area contributed by atoms with Crippen LogP contribution in [0.15, 0.2) is 24.3 Å². The summed E-state index contributed by atoms with van der Waals surface area (Å²) in [5.41, 5.74) is 2.79. The highest BCUT2D eigenvalue weighted by Crippen LogP contribution is 2.48. The Morgan fingerprint density at radius 2 is 1.82 bits per heavy atom. The molecule has 4 aliphatic rings. The zero-order valence-corrected chi connectivity index (χ0v) is 20.0. The molecule has 1 aromatic carbocycles. The molecule has 0 aromatic heterocycles. The summed E-state index contributed by atoms with van der Waals surface area (Å²) >= 11 is 0. The van der Waals surface area contributed by atoms with Gasteiger partial charge >= 0.3 is 0 Å². The van der Waals surface area contributed by atoms with Crippen molar-refractivity contribution in [1.82, 2.24) is 15.1 Å². The molecule has 4 atom stereocenters. The third-order valence-electron chi connectivity index (χ3n) is 8.75. The fourth-order valence-electron chi connectivity index (χ4n) is 6.82. The average Bonchev–Trinajstić information content (AvgIpc) is 3.59. The Kier molecular flexibility index (Phi) is 7.02. The Hall–Kier alpha value is -1.92. The van der Waals surface area contributed by atoms with E-state index in [9.17, 15) is 9.59 Å². The SMILES string of the molecule is CNC(=O)[C@@H]1CCCN1CCc1ccc([C@@H]2CC[C@@H]3CN(C(=O)C4CCOCC4)C[C@@H]32)cc1.